The second kappa shape index (κ2) is 9.37. The third kappa shape index (κ3) is 5.32. The third-order valence-electron chi connectivity index (χ3n) is 4.79. The Hall–Kier alpha value is -1.86. The number of rotatable bonds is 8. The lowest BCUT2D eigenvalue weighted by Crippen LogP contribution is -2.40. The first-order chi connectivity index (χ1) is 13.1. The van der Waals surface area contributed by atoms with Crippen LogP contribution in [0.15, 0.2) is 18.2 Å². The highest BCUT2D eigenvalue weighted by Crippen LogP contribution is 2.33. The SMILES string of the molecule is COc1ccc2nc(N3CCC(C(=O)NCCCOC(C)C)CC3)sc2c1. The summed E-state index contributed by atoms with van der Waals surface area (Å²) < 4.78 is 11.9. The predicted molar refractivity (Wildman–Crippen MR) is 110 cm³/mol. The summed E-state index contributed by atoms with van der Waals surface area (Å²) in [5.74, 6) is 1.13. The predicted octanol–water partition coefficient (Wildman–Crippen LogP) is 3.45. The summed E-state index contributed by atoms with van der Waals surface area (Å²) in [4.78, 5) is 19.4. The van der Waals surface area contributed by atoms with Gasteiger partial charge < -0.3 is 19.7 Å². The van der Waals surface area contributed by atoms with E-state index >= 15 is 0 Å². The van der Waals surface area contributed by atoms with Crippen molar-refractivity contribution in [2.24, 2.45) is 5.92 Å². The Balaban J connectivity index is 1.46. The van der Waals surface area contributed by atoms with Crippen LogP contribution in [0.4, 0.5) is 5.13 Å². The van der Waals surface area contributed by atoms with E-state index in [1.807, 2.05) is 32.0 Å². The molecule has 0 radical (unpaired) electrons. The molecule has 0 atom stereocenters. The van der Waals surface area contributed by atoms with E-state index in [1.165, 1.54) is 0 Å². The lowest BCUT2D eigenvalue weighted by Gasteiger charge is -2.31. The molecule has 2 aromatic rings. The number of thiazole rings is 1. The summed E-state index contributed by atoms with van der Waals surface area (Å²) in [7, 11) is 1.68. The van der Waals surface area contributed by atoms with Crippen molar-refractivity contribution in [2.45, 2.75) is 39.2 Å². The number of anilines is 1. The van der Waals surface area contributed by atoms with Crippen LogP contribution < -0.4 is 15.0 Å². The minimum atomic E-state index is 0.0988. The fraction of sp³-hybridized carbons (Fsp3) is 0.600. The number of benzene rings is 1. The van der Waals surface area contributed by atoms with E-state index < -0.39 is 0 Å². The van der Waals surface area contributed by atoms with Gasteiger partial charge in [0, 0.05) is 32.2 Å². The lowest BCUT2D eigenvalue weighted by molar-refractivity contribution is -0.125. The number of fused-ring (bicyclic) bond motifs is 1. The first-order valence-corrected chi connectivity index (χ1v) is 10.5. The van der Waals surface area contributed by atoms with Gasteiger partial charge in [-0.1, -0.05) is 11.3 Å². The molecule has 3 rings (SSSR count). The summed E-state index contributed by atoms with van der Waals surface area (Å²) in [6, 6.07) is 5.96. The molecular weight excluding hydrogens is 362 g/mol. The first kappa shape index (κ1) is 19.9. The topological polar surface area (TPSA) is 63.7 Å². The number of hydrogen-bond acceptors (Lipinski definition) is 6. The molecule has 6 nitrogen and oxygen atoms in total. The van der Waals surface area contributed by atoms with Gasteiger partial charge in [0.15, 0.2) is 5.13 Å². The smallest absolute Gasteiger partial charge is 0.223 e. The molecule has 2 heterocycles. The van der Waals surface area contributed by atoms with Crippen LogP contribution in [0.3, 0.4) is 0 Å². The first-order valence-electron chi connectivity index (χ1n) is 9.65. The Morgan fingerprint density at radius 1 is 1.37 bits per heavy atom. The minimum Gasteiger partial charge on any atom is -0.497 e. The van der Waals surface area contributed by atoms with Crippen LogP contribution in [0.1, 0.15) is 33.1 Å². The molecule has 0 saturated carbocycles. The highest BCUT2D eigenvalue weighted by Gasteiger charge is 2.26. The molecule has 1 fully saturated rings. The van der Waals surface area contributed by atoms with E-state index in [1.54, 1.807) is 18.4 Å². The fourth-order valence-electron chi connectivity index (χ4n) is 3.24. The van der Waals surface area contributed by atoms with Gasteiger partial charge in [-0.05, 0) is 51.3 Å². The number of methoxy groups -OCH3 is 1. The van der Waals surface area contributed by atoms with Gasteiger partial charge in [0.2, 0.25) is 5.91 Å². The maximum Gasteiger partial charge on any atom is 0.223 e. The minimum absolute atomic E-state index is 0.0988. The van der Waals surface area contributed by atoms with E-state index in [2.05, 4.69) is 10.2 Å². The third-order valence-corrected chi connectivity index (χ3v) is 5.87. The van der Waals surface area contributed by atoms with Gasteiger partial charge >= 0.3 is 0 Å². The molecule has 1 saturated heterocycles. The van der Waals surface area contributed by atoms with Crippen LogP contribution in [0, 0.1) is 5.92 Å². The Morgan fingerprint density at radius 3 is 2.85 bits per heavy atom. The molecule has 1 aliphatic heterocycles. The van der Waals surface area contributed by atoms with Crippen LogP contribution in [0.2, 0.25) is 0 Å². The van der Waals surface area contributed by atoms with Crippen LogP contribution in [-0.2, 0) is 9.53 Å². The van der Waals surface area contributed by atoms with Crippen molar-refractivity contribution in [1.82, 2.24) is 10.3 Å². The molecule has 148 valence electrons. The molecule has 1 N–H and O–H groups in total. The Bertz CT molecular complexity index is 754. The molecule has 1 aliphatic rings. The van der Waals surface area contributed by atoms with E-state index in [9.17, 15) is 4.79 Å². The van der Waals surface area contributed by atoms with Crippen molar-refractivity contribution < 1.29 is 14.3 Å². The quantitative estimate of drug-likeness (QED) is 0.698. The summed E-state index contributed by atoms with van der Waals surface area (Å²) in [5.41, 5.74) is 0.999. The van der Waals surface area contributed by atoms with Crippen LogP contribution in [-0.4, -0.2) is 50.3 Å². The second-order valence-electron chi connectivity index (χ2n) is 7.16. The Labute approximate surface area is 164 Å². The number of piperidine rings is 1. The van der Waals surface area contributed by atoms with Crippen molar-refractivity contribution in [3.8, 4) is 5.75 Å². The van der Waals surface area contributed by atoms with Crippen LogP contribution >= 0.6 is 11.3 Å². The molecular formula is C20H29N3O3S. The maximum absolute atomic E-state index is 12.4. The zero-order chi connectivity index (χ0) is 19.2. The van der Waals surface area contributed by atoms with Crippen LogP contribution in [0.5, 0.6) is 5.75 Å². The fourth-order valence-corrected chi connectivity index (χ4v) is 4.28. The standard InChI is InChI=1S/C20H29N3O3S/c1-14(2)26-12-4-9-21-19(24)15-7-10-23(11-8-15)20-22-17-6-5-16(25-3)13-18(17)27-20/h5-6,13-15H,4,7-12H2,1-3H3,(H,21,24). The molecule has 0 bridgehead atoms. The van der Waals surface area contributed by atoms with Crippen molar-refractivity contribution in [3.63, 3.8) is 0 Å². The van der Waals surface area contributed by atoms with Crippen molar-refractivity contribution in [1.29, 1.82) is 0 Å². The summed E-state index contributed by atoms with van der Waals surface area (Å²) >= 11 is 1.68. The molecule has 1 aromatic heterocycles. The molecule has 0 aliphatic carbocycles. The Kier molecular flexibility index (Phi) is 6.90. The number of hydrogen-bond donors (Lipinski definition) is 1. The number of amides is 1. The van der Waals surface area contributed by atoms with E-state index in [-0.39, 0.29) is 17.9 Å². The molecule has 27 heavy (non-hydrogen) atoms. The van der Waals surface area contributed by atoms with Gasteiger partial charge in [0.05, 0.1) is 23.4 Å². The number of carbonyl (C=O) groups is 1. The van der Waals surface area contributed by atoms with Gasteiger partial charge in [0.25, 0.3) is 0 Å². The summed E-state index contributed by atoms with van der Waals surface area (Å²) in [6.45, 7) is 7.16. The molecule has 1 aromatic carbocycles. The normalized spacial score (nSPS) is 15.5. The number of carbonyl (C=O) groups excluding carboxylic acids is 1. The van der Waals surface area contributed by atoms with E-state index in [0.29, 0.717) is 13.2 Å². The zero-order valence-electron chi connectivity index (χ0n) is 16.4. The van der Waals surface area contributed by atoms with Crippen LogP contribution in [0.25, 0.3) is 10.2 Å². The number of aromatic nitrogens is 1. The molecule has 1 amide bonds. The van der Waals surface area contributed by atoms with E-state index in [4.69, 9.17) is 14.5 Å². The number of nitrogens with zero attached hydrogens (tertiary/aromatic N) is 2. The highest BCUT2D eigenvalue weighted by molar-refractivity contribution is 7.22. The second-order valence-corrected chi connectivity index (χ2v) is 8.16. The van der Waals surface area contributed by atoms with E-state index in [0.717, 1.165) is 53.4 Å². The van der Waals surface area contributed by atoms with Gasteiger partial charge in [-0.3, -0.25) is 4.79 Å². The van der Waals surface area contributed by atoms with Crippen molar-refractivity contribution in [3.05, 3.63) is 18.2 Å². The van der Waals surface area contributed by atoms with Gasteiger partial charge in [0.1, 0.15) is 5.75 Å². The highest BCUT2D eigenvalue weighted by atomic mass is 32.1. The number of ether oxygens (including phenoxy) is 2. The summed E-state index contributed by atoms with van der Waals surface area (Å²) in [6.07, 6.45) is 2.84. The average Bonchev–Trinajstić information content (AvgIpc) is 3.10. The van der Waals surface area contributed by atoms with Gasteiger partial charge in [-0.25, -0.2) is 4.98 Å². The summed E-state index contributed by atoms with van der Waals surface area (Å²) in [5, 5.41) is 4.08. The van der Waals surface area contributed by atoms with Crippen molar-refractivity contribution >= 4 is 32.6 Å². The zero-order valence-corrected chi connectivity index (χ0v) is 17.2. The molecule has 0 spiro atoms. The molecule has 7 heteroatoms. The largest absolute Gasteiger partial charge is 0.497 e. The average molecular weight is 392 g/mol. The number of nitrogens with one attached hydrogen (secondary N) is 1. The van der Waals surface area contributed by atoms with Gasteiger partial charge in [-0.15, -0.1) is 0 Å². The van der Waals surface area contributed by atoms with Gasteiger partial charge in [-0.2, -0.15) is 0 Å². The van der Waals surface area contributed by atoms with Crippen molar-refractivity contribution in [2.75, 3.05) is 38.3 Å². The Morgan fingerprint density at radius 2 is 2.15 bits per heavy atom. The molecule has 0 unspecified atom stereocenters. The monoisotopic (exact) mass is 391 g/mol. The lowest BCUT2D eigenvalue weighted by atomic mass is 9.96. The maximum atomic E-state index is 12.4.